The highest BCUT2D eigenvalue weighted by atomic mass is 32.2. The van der Waals surface area contributed by atoms with Gasteiger partial charge < -0.3 is 5.11 Å². The summed E-state index contributed by atoms with van der Waals surface area (Å²) in [5.74, 6) is -1.25. The van der Waals surface area contributed by atoms with Gasteiger partial charge in [-0.05, 0) is 36.1 Å². The molecule has 1 atom stereocenters. The Balaban J connectivity index is 1.88. The Morgan fingerprint density at radius 1 is 1.27 bits per heavy atom. The molecule has 2 aromatic heterocycles. The zero-order valence-corrected chi connectivity index (χ0v) is 15.6. The van der Waals surface area contributed by atoms with Crippen molar-refractivity contribution in [3.63, 3.8) is 0 Å². The summed E-state index contributed by atoms with van der Waals surface area (Å²) in [5.41, 5.74) is 1.57. The average Bonchev–Trinajstić information content (AvgIpc) is 3.32. The maximum Gasteiger partial charge on any atom is 0.347 e. The van der Waals surface area contributed by atoms with Crippen molar-refractivity contribution in [3.8, 4) is 5.69 Å². The number of carbonyl (C=O) groups is 1. The third-order valence-electron chi connectivity index (χ3n) is 4.08. The van der Waals surface area contributed by atoms with Crippen LogP contribution in [-0.4, -0.2) is 45.6 Å². The normalized spacial score (nSPS) is 13.0. The number of carboxylic acid groups (broad SMARTS) is 1. The van der Waals surface area contributed by atoms with Crippen LogP contribution in [-0.2, 0) is 10.0 Å². The smallest absolute Gasteiger partial charge is 0.347 e. The number of aromatic carboxylic acids is 1. The second-order valence-electron chi connectivity index (χ2n) is 5.55. The Hall–Kier alpha value is -2.56. The molecule has 0 saturated heterocycles. The summed E-state index contributed by atoms with van der Waals surface area (Å²) in [6.07, 6.45) is 3.00. The van der Waals surface area contributed by atoms with Gasteiger partial charge in [0.15, 0.2) is 0 Å². The molecule has 0 bridgehead atoms. The van der Waals surface area contributed by atoms with Crippen molar-refractivity contribution in [1.29, 1.82) is 0 Å². The van der Waals surface area contributed by atoms with Crippen molar-refractivity contribution in [1.82, 2.24) is 19.1 Å². The molecule has 0 unspecified atom stereocenters. The Bertz CT molecular complexity index is 1010. The standard InChI is InChI=1S/C16H16N4O4S2/c1-11(12-3-5-13(6-4-12)20-10-17-9-18-20)19(2)26(23,24)14-7-8-25-15(14)16(21)22/h3-11H,1-2H3,(H,21,22)/t11-/m1/s1. The molecule has 136 valence electrons. The maximum atomic E-state index is 12.8. The summed E-state index contributed by atoms with van der Waals surface area (Å²) in [7, 11) is -2.50. The molecule has 0 fully saturated rings. The predicted octanol–water partition coefficient (Wildman–Crippen LogP) is 2.41. The lowest BCUT2D eigenvalue weighted by Crippen LogP contribution is -2.30. The molecule has 2 heterocycles. The molecule has 0 spiro atoms. The fourth-order valence-electron chi connectivity index (χ4n) is 2.48. The highest BCUT2D eigenvalue weighted by Gasteiger charge is 2.31. The van der Waals surface area contributed by atoms with Crippen LogP contribution in [0.2, 0.25) is 0 Å². The first-order chi connectivity index (χ1) is 12.3. The second-order valence-corrected chi connectivity index (χ2v) is 8.43. The highest BCUT2D eigenvalue weighted by molar-refractivity contribution is 7.89. The van der Waals surface area contributed by atoms with Gasteiger partial charge in [0.2, 0.25) is 10.0 Å². The Labute approximate surface area is 154 Å². The summed E-state index contributed by atoms with van der Waals surface area (Å²) in [6.45, 7) is 1.74. The number of hydrogen-bond acceptors (Lipinski definition) is 6. The van der Waals surface area contributed by atoms with Gasteiger partial charge in [0.25, 0.3) is 0 Å². The molecule has 0 aliphatic carbocycles. The van der Waals surface area contributed by atoms with Crippen molar-refractivity contribution in [2.45, 2.75) is 17.9 Å². The van der Waals surface area contributed by atoms with E-state index in [1.165, 1.54) is 29.1 Å². The number of hydrogen-bond donors (Lipinski definition) is 1. The molecule has 3 rings (SSSR count). The predicted molar refractivity (Wildman–Crippen MR) is 96.0 cm³/mol. The molecule has 10 heteroatoms. The number of nitrogens with zero attached hydrogens (tertiary/aromatic N) is 4. The summed E-state index contributed by atoms with van der Waals surface area (Å²) in [4.78, 5) is 14.8. The fourth-order valence-corrected chi connectivity index (χ4v) is 5.06. The van der Waals surface area contributed by atoms with Crippen LogP contribution in [0.5, 0.6) is 0 Å². The van der Waals surface area contributed by atoms with Crippen molar-refractivity contribution in [2.75, 3.05) is 7.05 Å². The van der Waals surface area contributed by atoms with Gasteiger partial charge in [-0.2, -0.15) is 9.40 Å². The minimum absolute atomic E-state index is 0.189. The monoisotopic (exact) mass is 392 g/mol. The summed E-state index contributed by atoms with van der Waals surface area (Å²) < 4.78 is 28.4. The SMILES string of the molecule is C[C@H](c1ccc(-n2cncn2)cc1)N(C)S(=O)(=O)c1ccsc1C(=O)O. The van der Waals surface area contributed by atoms with Crippen LogP contribution < -0.4 is 0 Å². The first kappa shape index (κ1) is 18.2. The van der Waals surface area contributed by atoms with Crippen LogP contribution in [0.4, 0.5) is 0 Å². The summed E-state index contributed by atoms with van der Waals surface area (Å²) in [6, 6.07) is 8.08. The van der Waals surface area contributed by atoms with Crippen molar-refractivity contribution >= 4 is 27.3 Å². The summed E-state index contributed by atoms with van der Waals surface area (Å²) >= 11 is 0.889. The van der Waals surface area contributed by atoms with Gasteiger partial charge in [0.05, 0.1) is 5.69 Å². The quantitative estimate of drug-likeness (QED) is 0.691. The fraction of sp³-hybridized carbons (Fsp3) is 0.188. The Morgan fingerprint density at radius 3 is 2.54 bits per heavy atom. The van der Waals surface area contributed by atoms with Crippen LogP contribution in [0.1, 0.15) is 28.2 Å². The van der Waals surface area contributed by atoms with Crippen LogP contribution in [0.25, 0.3) is 5.69 Å². The van der Waals surface area contributed by atoms with E-state index in [4.69, 9.17) is 0 Å². The third kappa shape index (κ3) is 3.26. The molecular formula is C16H16N4O4S2. The molecule has 8 nitrogen and oxygen atoms in total. The third-order valence-corrected chi connectivity index (χ3v) is 7.09. The summed E-state index contributed by atoms with van der Waals surface area (Å²) in [5, 5.41) is 14.7. The number of benzene rings is 1. The number of rotatable bonds is 6. The van der Waals surface area contributed by atoms with Crippen molar-refractivity contribution in [3.05, 3.63) is 58.8 Å². The van der Waals surface area contributed by atoms with E-state index in [1.54, 1.807) is 30.1 Å². The van der Waals surface area contributed by atoms with E-state index in [9.17, 15) is 18.3 Å². The largest absolute Gasteiger partial charge is 0.477 e. The van der Waals surface area contributed by atoms with Gasteiger partial charge >= 0.3 is 5.97 Å². The van der Waals surface area contributed by atoms with Gasteiger partial charge in [-0.15, -0.1) is 11.3 Å². The molecule has 0 aliphatic heterocycles. The molecule has 1 N–H and O–H groups in total. The van der Waals surface area contributed by atoms with Gasteiger partial charge in [-0.3, -0.25) is 0 Å². The van der Waals surface area contributed by atoms with Gasteiger partial charge in [-0.1, -0.05) is 12.1 Å². The molecule has 0 saturated carbocycles. The number of aromatic nitrogens is 3. The zero-order chi connectivity index (χ0) is 18.9. The van der Waals surface area contributed by atoms with E-state index < -0.39 is 22.0 Å². The number of carboxylic acids is 1. The molecule has 0 radical (unpaired) electrons. The van der Waals surface area contributed by atoms with Crippen LogP contribution in [0, 0.1) is 0 Å². The van der Waals surface area contributed by atoms with Gasteiger partial charge in [-0.25, -0.2) is 22.9 Å². The molecule has 1 aromatic carbocycles. The lowest BCUT2D eigenvalue weighted by atomic mass is 10.1. The molecule has 0 amide bonds. The first-order valence-corrected chi connectivity index (χ1v) is 9.88. The van der Waals surface area contributed by atoms with Gasteiger partial charge in [0.1, 0.15) is 22.4 Å². The van der Waals surface area contributed by atoms with E-state index in [2.05, 4.69) is 10.1 Å². The van der Waals surface area contributed by atoms with E-state index in [0.29, 0.717) is 0 Å². The Kier molecular flexibility index (Phi) is 4.90. The zero-order valence-electron chi connectivity index (χ0n) is 14.0. The van der Waals surface area contributed by atoms with Crippen LogP contribution >= 0.6 is 11.3 Å². The lowest BCUT2D eigenvalue weighted by Gasteiger charge is -2.24. The minimum Gasteiger partial charge on any atom is -0.477 e. The highest BCUT2D eigenvalue weighted by Crippen LogP contribution is 2.30. The van der Waals surface area contributed by atoms with Crippen LogP contribution in [0.15, 0.2) is 53.3 Å². The molecule has 26 heavy (non-hydrogen) atoms. The van der Waals surface area contributed by atoms with Crippen molar-refractivity contribution in [2.24, 2.45) is 0 Å². The Morgan fingerprint density at radius 2 is 1.96 bits per heavy atom. The molecule has 3 aromatic rings. The van der Waals surface area contributed by atoms with E-state index in [-0.39, 0.29) is 9.77 Å². The van der Waals surface area contributed by atoms with E-state index in [1.807, 2.05) is 12.1 Å². The number of sulfonamides is 1. The average molecular weight is 392 g/mol. The number of thiophene rings is 1. The van der Waals surface area contributed by atoms with Gasteiger partial charge in [0, 0.05) is 13.1 Å². The molecule has 0 aliphatic rings. The van der Waals surface area contributed by atoms with E-state index >= 15 is 0 Å². The maximum absolute atomic E-state index is 12.8. The topological polar surface area (TPSA) is 105 Å². The molecular weight excluding hydrogens is 376 g/mol. The second kappa shape index (κ2) is 6.98. The first-order valence-electron chi connectivity index (χ1n) is 7.56. The van der Waals surface area contributed by atoms with Crippen molar-refractivity contribution < 1.29 is 18.3 Å². The van der Waals surface area contributed by atoms with Crippen LogP contribution in [0.3, 0.4) is 0 Å². The lowest BCUT2D eigenvalue weighted by molar-refractivity contribution is 0.0698. The minimum atomic E-state index is -3.94. The van der Waals surface area contributed by atoms with E-state index in [0.717, 1.165) is 22.6 Å².